The Labute approximate surface area is 157 Å². The van der Waals surface area contributed by atoms with Crippen molar-refractivity contribution in [2.45, 2.75) is 26.9 Å². The molecule has 0 radical (unpaired) electrons. The van der Waals surface area contributed by atoms with Gasteiger partial charge >= 0.3 is 0 Å². The lowest BCUT2D eigenvalue weighted by Crippen LogP contribution is -2.25. The van der Waals surface area contributed by atoms with E-state index in [1.165, 1.54) is 0 Å². The predicted octanol–water partition coefficient (Wildman–Crippen LogP) is 3.56. The van der Waals surface area contributed by atoms with Gasteiger partial charge in [0.05, 0.1) is 35.9 Å². The fourth-order valence-corrected chi connectivity index (χ4v) is 3.44. The van der Waals surface area contributed by atoms with Crippen molar-refractivity contribution in [3.05, 3.63) is 77.3 Å². The minimum Gasteiger partial charge on any atom is -0.467 e. The third kappa shape index (κ3) is 3.14. The van der Waals surface area contributed by atoms with Crippen LogP contribution in [-0.4, -0.2) is 20.0 Å². The molecular formula is C21H22N4O2. The molecule has 0 saturated carbocycles. The molecule has 6 heteroatoms. The smallest absolute Gasteiger partial charge is 0.253 e. The Morgan fingerprint density at radius 2 is 2.00 bits per heavy atom. The first-order chi connectivity index (χ1) is 13.0. The van der Waals surface area contributed by atoms with Crippen LogP contribution < -0.4 is 5.32 Å². The highest BCUT2D eigenvalue weighted by molar-refractivity contribution is 5.95. The van der Waals surface area contributed by atoms with Crippen LogP contribution in [0.15, 0.2) is 53.1 Å². The minimum atomic E-state index is -0.0964. The standard InChI is InChI=1S/C21H22N4O2/c1-14-11-17(15(2)25(14)13-16-7-6-10-27-16)21(26)22-12-20-23-18-8-4-5-9-19(18)24(20)3/h4-11H,12-13H2,1-3H3,(H,22,26). The highest BCUT2D eigenvalue weighted by Gasteiger charge is 2.17. The van der Waals surface area contributed by atoms with E-state index in [1.807, 2.05) is 67.9 Å². The second kappa shape index (κ2) is 6.79. The Balaban J connectivity index is 1.52. The number of nitrogens with one attached hydrogen (secondary N) is 1. The molecule has 1 amide bonds. The quantitative estimate of drug-likeness (QED) is 0.590. The Morgan fingerprint density at radius 3 is 2.74 bits per heavy atom. The zero-order valence-corrected chi connectivity index (χ0v) is 15.7. The molecule has 27 heavy (non-hydrogen) atoms. The second-order valence-electron chi connectivity index (χ2n) is 6.71. The summed E-state index contributed by atoms with van der Waals surface area (Å²) in [6, 6.07) is 13.7. The lowest BCUT2D eigenvalue weighted by molar-refractivity contribution is 0.0949. The number of amides is 1. The van der Waals surface area contributed by atoms with Gasteiger partial charge in [-0.25, -0.2) is 4.98 Å². The number of imidazole rings is 1. The number of aromatic nitrogens is 3. The number of para-hydroxylation sites is 2. The molecule has 0 fully saturated rings. The van der Waals surface area contributed by atoms with Gasteiger partial charge in [-0.1, -0.05) is 12.1 Å². The summed E-state index contributed by atoms with van der Waals surface area (Å²) in [5, 5.41) is 3.00. The van der Waals surface area contributed by atoms with Crippen LogP contribution in [0.25, 0.3) is 11.0 Å². The van der Waals surface area contributed by atoms with Crippen LogP contribution in [0, 0.1) is 13.8 Å². The molecule has 0 aliphatic carbocycles. The maximum Gasteiger partial charge on any atom is 0.253 e. The summed E-state index contributed by atoms with van der Waals surface area (Å²) < 4.78 is 9.53. The number of nitrogens with zero attached hydrogens (tertiary/aromatic N) is 3. The molecular weight excluding hydrogens is 340 g/mol. The number of aryl methyl sites for hydroxylation is 2. The monoisotopic (exact) mass is 362 g/mol. The van der Waals surface area contributed by atoms with Crippen molar-refractivity contribution in [3.63, 3.8) is 0 Å². The van der Waals surface area contributed by atoms with Crippen LogP contribution in [0.1, 0.15) is 33.3 Å². The summed E-state index contributed by atoms with van der Waals surface area (Å²) >= 11 is 0. The number of carbonyl (C=O) groups excluding carboxylic acids is 1. The summed E-state index contributed by atoms with van der Waals surface area (Å²) in [6.45, 7) is 4.95. The van der Waals surface area contributed by atoms with Crippen molar-refractivity contribution >= 4 is 16.9 Å². The fourth-order valence-electron chi connectivity index (χ4n) is 3.44. The van der Waals surface area contributed by atoms with Gasteiger partial charge in [0.2, 0.25) is 0 Å². The van der Waals surface area contributed by atoms with Crippen LogP contribution in [-0.2, 0) is 20.1 Å². The van der Waals surface area contributed by atoms with Crippen LogP contribution in [0.4, 0.5) is 0 Å². The summed E-state index contributed by atoms with van der Waals surface area (Å²) in [4.78, 5) is 17.4. The van der Waals surface area contributed by atoms with E-state index >= 15 is 0 Å². The molecule has 3 aromatic heterocycles. The van der Waals surface area contributed by atoms with Gasteiger partial charge in [-0.15, -0.1) is 0 Å². The van der Waals surface area contributed by atoms with Gasteiger partial charge in [-0.2, -0.15) is 0 Å². The minimum absolute atomic E-state index is 0.0964. The van der Waals surface area contributed by atoms with E-state index in [9.17, 15) is 4.79 Å². The summed E-state index contributed by atoms with van der Waals surface area (Å²) in [6.07, 6.45) is 1.66. The lowest BCUT2D eigenvalue weighted by Gasteiger charge is -2.08. The first-order valence-corrected chi connectivity index (χ1v) is 8.92. The Kier molecular flexibility index (Phi) is 4.32. The average Bonchev–Trinajstić information content (AvgIpc) is 3.36. The molecule has 0 aliphatic heterocycles. The van der Waals surface area contributed by atoms with Crippen molar-refractivity contribution in [3.8, 4) is 0 Å². The Morgan fingerprint density at radius 1 is 1.19 bits per heavy atom. The van der Waals surface area contributed by atoms with E-state index in [2.05, 4.69) is 14.9 Å². The van der Waals surface area contributed by atoms with Crippen LogP contribution in [0.5, 0.6) is 0 Å². The highest BCUT2D eigenvalue weighted by atomic mass is 16.3. The van der Waals surface area contributed by atoms with Gasteiger partial charge in [0.25, 0.3) is 5.91 Å². The maximum atomic E-state index is 12.7. The van der Waals surface area contributed by atoms with Crippen molar-refractivity contribution in [1.29, 1.82) is 0 Å². The van der Waals surface area contributed by atoms with E-state index in [-0.39, 0.29) is 5.91 Å². The van der Waals surface area contributed by atoms with Gasteiger partial charge in [-0.3, -0.25) is 4.79 Å². The number of rotatable bonds is 5. The summed E-state index contributed by atoms with van der Waals surface area (Å²) in [7, 11) is 1.96. The average molecular weight is 362 g/mol. The first-order valence-electron chi connectivity index (χ1n) is 8.92. The molecule has 0 spiro atoms. The first kappa shape index (κ1) is 17.1. The Bertz CT molecular complexity index is 1100. The zero-order chi connectivity index (χ0) is 19.0. The summed E-state index contributed by atoms with van der Waals surface area (Å²) in [5.41, 5.74) is 4.61. The molecule has 6 nitrogen and oxygen atoms in total. The predicted molar refractivity (Wildman–Crippen MR) is 104 cm³/mol. The molecule has 4 aromatic rings. The van der Waals surface area contributed by atoms with E-state index < -0.39 is 0 Å². The number of hydrogen-bond acceptors (Lipinski definition) is 3. The molecule has 138 valence electrons. The Hall–Kier alpha value is -3.28. The van der Waals surface area contributed by atoms with Crippen LogP contribution >= 0.6 is 0 Å². The van der Waals surface area contributed by atoms with Crippen LogP contribution in [0.2, 0.25) is 0 Å². The molecule has 1 N–H and O–H groups in total. The third-order valence-corrected chi connectivity index (χ3v) is 5.00. The van der Waals surface area contributed by atoms with E-state index in [0.717, 1.165) is 34.0 Å². The fraction of sp³-hybridized carbons (Fsp3) is 0.238. The van der Waals surface area contributed by atoms with Crippen LogP contribution in [0.3, 0.4) is 0 Å². The van der Waals surface area contributed by atoms with E-state index in [1.54, 1.807) is 6.26 Å². The van der Waals surface area contributed by atoms with Crippen molar-refractivity contribution in [1.82, 2.24) is 19.4 Å². The SMILES string of the molecule is Cc1cc(C(=O)NCc2nc3ccccc3n2C)c(C)n1Cc1ccco1. The second-order valence-corrected chi connectivity index (χ2v) is 6.71. The van der Waals surface area contributed by atoms with Gasteiger partial charge < -0.3 is 18.9 Å². The van der Waals surface area contributed by atoms with Gasteiger partial charge in [0.15, 0.2) is 0 Å². The number of furan rings is 1. The highest BCUT2D eigenvalue weighted by Crippen LogP contribution is 2.18. The van der Waals surface area contributed by atoms with Gasteiger partial charge in [-0.05, 0) is 44.2 Å². The van der Waals surface area contributed by atoms with E-state index in [0.29, 0.717) is 18.7 Å². The molecule has 0 saturated heterocycles. The van der Waals surface area contributed by atoms with Crippen molar-refractivity contribution < 1.29 is 9.21 Å². The van der Waals surface area contributed by atoms with Crippen molar-refractivity contribution in [2.75, 3.05) is 0 Å². The lowest BCUT2D eigenvalue weighted by atomic mass is 10.2. The van der Waals surface area contributed by atoms with E-state index in [4.69, 9.17) is 4.42 Å². The number of benzene rings is 1. The van der Waals surface area contributed by atoms with Crippen molar-refractivity contribution in [2.24, 2.45) is 7.05 Å². The topological polar surface area (TPSA) is 65.0 Å². The molecule has 0 bridgehead atoms. The third-order valence-electron chi connectivity index (χ3n) is 5.00. The normalized spacial score (nSPS) is 11.2. The molecule has 0 atom stereocenters. The molecule has 3 heterocycles. The molecule has 4 rings (SSSR count). The van der Waals surface area contributed by atoms with Gasteiger partial charge in [0, 0.05) is 18.4 Å². The molecule has 0 aliphatic rings. The molecule has 1 aromatic carbocycles. The zero-order valence-electron chi connectivity index (χ0n) is 15.7. The maximum absolute atomic E-state index is 12.7. The number of carbonyl (C=O) groups is 1. The largest absolute Gasteiger partial charge is 0.467 e. The molecule has 0 unspecified atom stereocenters. The van der Waals surface area contributed by atoms with Gasteiger partial charge in [0.1, 0.15) is 11.6 Å². The summed E-state index contributed by atoms with van der Waals surface area (Å²) in [5.74, 6) is 1.60. The number of hydrogen-bond donors (Lipinski definition) is 1. The number of fused-ring (bicyclic) bond motifs is 1.